The maximum atomic E-state index is 12.7. The molecule has 192 valence electrons. The fraction of sp³-hybridized carbons (Fsp3) is 0.250. The highest BCUT2D eigenvalue weighted by atomic mass is 32.2. The number of carbonyl (C=O) groups excluding carboxylic acids is 4. The van der Waals surface area contributed by atoms with E-state index < -0.39 is 5.92 Å². The lowest BCUT2D eigenvalue weighted by Gasteiger charge is -2.16. The van der Waals surface area contributed by atoms with Gasteiger partial charge in [0.15, 0.2) is 4.34 Å². The number of nitrogens with zero attached hydrogens (tertiary/aromatic N) is 3. The molecular weight excluding hydrogens is 516 g/mol. The lowest BCUT2D eigenvalue weighted by molar-refractivity contribution is -0.122. The van der Waals surface area contributed by atoms with Crippen molar-refractivity contribution in [3.8, 4) is 5.75 Å². The number of hydrogen-bond donors (Lipinski definition) is 3. The molecule has 1 fully saturated rings. The number of benzene rings is 2. The molecule has 4 amide bonds. The number of nitrogens with one attached hydrogen (secondary N) is 3. The van der Waals surface area contributed by atoms with Gasteiger partial charge >= 0.3 is 0 Å². The largest absolute Gasteiger partial charge is 0.497 e. The van der Waals surface area contributed by atoms with Crippen LogP contribution in [-0.4, -0.2) is 53.2 Å². The number of rotatable bonds is 9. The molecule has 1 aromatic heterocycles. The van der Waals surface area contributed by atoms with Crippen molar-refractivity contribution >= 4 is 68.9 Å². The van der Waals surface area contributed by atoms with Crippen LogP contribution in [0.3, 0.4) is 0 Å². The molecule has 1 saturated heterocycles. The lowest BCUT2D eigenvalue weighted by Crippen LogP contribution is -2.28. The summed E-state index contributed by atoms with van der Waals surface area (Å²) in [6, 6.07) is 13.9. The Balaban J connectivity index is 1.26. The third kappa shape index (κ3) is 7.05. The molecule has 0 bridgehead atoms. The number of anilines is 4. The molecule has 0 spiro atoms. The van der Waals surface area contributed by atoms with Crippen LogP contribution in [0.4, 0.5) is 22.2 Å². The summed E-state index contributed by atoms with van der Waals surface area (Å²) in [4.78, 5) is 50.3. The van der Waals surface area contributed by atoms with E-state index in [1.165, 1.54) is 18.7 Å². The van der Waals surface area contributed by atoms with Crippen LogP contribution in [0.1, 0.15) is 13.3 Å². The Morgan fingerprint density at radius 2 is 1.81 bits per heavy atom. The maximum Gasteiger partial charge on any atom is 0.234 e. The second-order valence-electron chi connectivity index (χ2n) is 8.06. The Kier molecular flexibility index (Phi) is 8.36. The Bertz CT molecular complexity index is 1310. The number of carbonyl (C=O) groups is 4. The van der Waals surface area contributed by atoms with Gasteiger partial charge in [-0.15, -0.1) is 10.2 Å². The van der Waals surface area contributed by atoms with Crippen LogP contribution in [0.15, 0.2) is 52.9 Å². The molecule has 1 aliphatic rings. The zero-order valence-corrected chi connectivity index (χ0v) is 21.6. The minimum Gasteiger partial charge on any atom is -0.497 e. The van der Waals surface area contributed by atoms with Gasteiger partial charge < -0.3 is 25.6 Å². The van der Waals surface area contributed by atoms with Gasteiger partial charge in [0.25, 0.3) is 0 Å². The molecule has 1 atom stereocenters. The van der Waals surface area contributed by atoms with E-state index in [-0.39, 0.29) is 42.3 Å². The van der Waals surface area contributed by atoms with Crippen LogP contribution in [-0.2, 0) is 19.2 Å². The number of aromatic nitrogens is 2. The van der Waals surface area contributed by atoms with Crippen LogP contribution in [0, 0.1) is 5.92 Å². The van der Waals surface area contributed by atoms with Crippen LogP contribution in [0.25, 0.3) is 0 Å². The second kappa shape index (κ2) is 11.8. The lowest BCUT2D eigenvalue weighted by atomic mass is 10.1. The highest BCUT2D eigenvalue weighted by Crippen LogP contribution is 2.29. The zero-order valence-electron chi connectivity index (χ0n) is 20.0. The van der Waals surface area contributed by atoms with E-state index in [2.05, 4.69) is 26.1 Å². The van der Waals surface area contributed by atoms with Gasteiger partial charge in [-0.25, -0.2) is 0 Å². The van der Waals surface area contributed by atoms with Gasteiger partial charge in [-0.2, -0.15) is 0 Å². The van der Waals surface area contributed by atoms with Gasteiger partial charge in [0.05, 0.1) is 18.8 Å². The van der Waals surface area contributed by atoms with Crippen molar-refractivity contribution in [1.29, 1.82) is 0 Å². The number of ether oxygens (including phenoxy) is 1. The van der Waals surface area contributed by atoms with Gasteiger partial charge in [0.1, 0.15) is 5.75 Å². The van der Waals surface area contributed by atoms with Gasteiger partial charge in [-0.3, -0.25) is 19.2 Å². The summed E-state index contributed by atoms with van der Waals surface area (Å²) in [5, 5.41) is 16.4. The molecule has 0 aliphatic carbocycles. The molecule has 2 aromatic carbocycles. The monoisotopic (exact) mass is 540 g/mol. The zero-order chi connectivity index (χ0) is 26.4. The van der Waals surface area contributed by atoms with Crippen molar-refractivity contribution in [2.45, 2.75) is 17.7 Å². The fourth-order valence-corrected chi connectivity index (χ4v) is 5.18. The Hall–Kier alpha value is -3.97. The number of amides is 4. The SMILES string of the molecule is COc1ccc(N2C[C@H](C(=O)Nc3nnc(SCC(=O)Nc4cccc(NC(C)=O)c4)s3)CC2=O)cc1. The molecule has 37 heavy (non-hydrogen) atoms. The maximum absolute atomic E-state index is 12.7. The summed E-state index contributed by atoms with van der Waals surface area (Å²) < 4.78 is 5.66. The molecule has 1 aliphatic heterocycles. The predicted molar refractivity (Wildman–Crippen MR) is 142 cm³/mol. The number of methoxy groups -OCH3 is 1. The first kappa shape index (κ1) is 26.1. The van der Waals surface area contributed by atoms with Crippen molar-refractivity contribution in [1.82, 2.24) is 10.2 Å². The molecular formula is C24H24N6O5S2. The highest BCUT2D eigenvalue weighted by molar-refractivity contribution is 8.01. The molecule has 3 aromatic rings. The van der Waals surface area contributed by atoms with E-state index in [1.807, 2.05) is 0 Å². The van der Waals surface area contributed by atoms with E-state index in [4.69, 9.17) is 4.74 Å². The minimum absolute atomic E-state index is 0.0842. The average molecular weight is 541 g/mol. The third-order valence-electron chi connectivity index (χ3n) is 5.31. The third-order valence-corrected chi connectivity index (χ3v) is 7.28. The molecule has 0 saturated carbocycles. The summed E-state index contributed by atoms with van der Waals surface area (Å²) in [6.07, 6.45) is 0.0988. The van der Waals surface area contributed by atoms with Gasteiger partial charge in [0.2, 0.25) is 28.8 Å². The number of hydrogen-bond acceptors (Lipinski definition) is 9. The summed E-state index contributed by atoms with van der Waals surface area (Å²) in [5.41, 5.74) is 1.84. The molecule has 0 unspecified atom stereocenters. The standard InChI is InChI=1S/C24H24N6O5S2/c1-14(31)25-16-4-3-5-17(11-16)26-20(32)13-36-24-29-28-23(37-24)27-22(34)15-10-21(33)30(12-15)18-6-8-19(35-2)9-7-18/h3-9,11,15H,10,12-13H2,1-2H3,(H,25,31)(H,26,32)(H,27,28,34)/t15-/m1/s1. The van der Waals surface area contributed by atoms with E-state index >= 15 is 0 Å². The smallest absolute Gasteiger partial charge is 0.234 e. The Morgan fingerprint density at radius 3 is 2.51 bits per heavy atom. The Morgan fingerprint density at radius 1 is 1.08 bits per heavy atom. The van der Waals surface area contributed by atoms with Crippen molar-refractivity contribution in [3.05, 3.63) is 48.5 Å². The van der Waals surface area contributed by atoms with Crippen LogP contribution in [0.2, 0.25) is 0 Å². The topological polar surface area (TPSA) is 143 Å². The summed E-state index contributed by atoms with van der Waals surface area (Å²) >= 11 is 2.33. The van der Waals surface area contributed by atoms with Crippen molar-refractivity contribution in [3.63, 3.8) is 0 Å². The van der Waals surface area contributed by atoms with Gasteiger partial charge in [0, 0.05) is 37.0 Å². The van der Waals surface area contributed by atoms with E-state index in [0.29, 0.717) is 32.3 Å². The number of thioether (sulfide) groups is 1. The Labute approximate surface area is 221 Å². The van der Waals surface area contributed by atoms with Crippen LogP contribution < -0.4 is 25.6 Å². The van der Waals surface area contributed by atoms with Crippen molar-refractivity contribution in [2.75, 3.05) is 40.3 Å². The van der Waals surface area contributed by atoms with E-state index in [0.717, 1.165) is 11.3 Å². The quantitative estimate of drug-likeness (QED) is 0.277. The van der Waals surface area contributed by atoms with Gasteiger partial charge in [-0.05, 0) is 42.5 Å². The summed E-state index contributed by atoms with van der Waals surface area (Å²) in [6.45, 7) is 1.67. The second-order valence-corrected chi connectivity index (χ2v) is 10.3. The first-order chi connectivity index (χ1) is 17.8. The van der Waals surface area contributed by atoms with Gasteiger partial charge in [-0.1, -0.05) is 29.2 Å². The average Bonchev–Trinajstić information content (AvgIpc) is 3.49. The van der Waals surface area contributed by atoms with Crippen molar-refractivity contribution in [2.24, 2.45) is 5.92 Å². The van der Waals surface area contributed by atoms with Crippen LogP contribution in [0.5, 0.6) is 5.75 Å². The molecule has 11 nitrogen and oxygen atoms in total. The van der Waals surface area contributed by atoms with E-state index in [9.17, 15) is 19.2 Å². The molecule has 2 heterocycles. The highest BCUT2D eigenvalue weighted by Gasteiger charge is 2.35. The first-order valence-corrected chi connectivity index (χ1v) is 13.0. The van der Waals surface area contributed by atoms with Crippen molar-refractivity contribution < 1.29 is 23.9 Å². The molecule has 4 rings (SSSR count). The van der Waals surface area contributed by atoms with Crippen LogP contribution >= 0.6 is 23.1 Å². The molecule has 0 radical (unpaired) electrons. The molecule has 3 N–H and O–H groups in total. The summed E-state index contributed by atoms with van der Waals surface area (Å²) in [7, 11) is 1.57. The molecule has 13 heteroatoms. The normalized spacial score (nSPS) is 14.8. The first-order valence-electron chi connectivity index (χ1n) is 11.2. The van der Waals surface area contributed by atoms with E-state index in [1.54, 1.807) is 60.5 Å². The summed E-state index contributed by atoms with van der Waals surface area (Å²) in [5.74, 6) is -0.652. The fourth-order valence-electron chi connectivity index (χ4n) is 3.62. The predicted octanol–water partition coefficient (Wildman–Crippen LogP) is 3.23. The minimum atomic E-state index is -0.520.